The third-order valence-electron chi connectivity index (χ3n) is 5.59. The van der Waals surface area contributed by atoms with Crippen LogP contribution in [0.3, 0.4) is 0 Å². The van der Waals surface area contributed by atoms with Crippen molar-refractivity contribution in [1.29, 1.82) is 0 Å². The average Bonchev–Trinajstić information content (AvgIpc) is 2.70. The predicted octanol–water partition coefficient (Wildman–Crippen LogP) is 3.06. The maximum absolute atomic E-state index is 5.97. The Morgan fingerprint density at radius 2 is 1.92 bits per heavy atom. The van der Waals surface area contributed by atoms with Gasteiger partial charge in [-0.3, -0.25) is 9.88 Å². The maximum atomic E-state index is 5.97. The molecule has 132 valence electrons. The molecule has 1 aromatic carbocycles. The molecule has 4 nitrogen and oxygen atoms in total. The SMILES string of the molecule is c1ccc(OCCN(Cc2cccnc2)[C@H]2CN3CCC2CC3)cc1. The van der Waals surface area contributed by atoms with E-state index in [-0.39, 0.29) is 0 Å². The van der Waals surface area contributed by atoms with E-state index in [9.17, 15) is 0 Å². The summed E-state index contributed by atoms with van der Waals surface area (Å²) in [6, 6.07) is 15.0. The molecule has 0 radical (unpaired) electrons. The zero-order valence-electron chi connectivity index (χ0n) is 14.8. The number of para-hydroxylation sites is 1. The molecule has 0 saturated carbocycles. The summed E-state index contributed by atoms with van der Waals surface area (Å²) in [5.74, 6) is 1.79. The van der Waals surface area contributed by atoms with Gasteiger partial charge in [0.15, 0.2) is 0 Å². The fourth-order valence-electron chi connectivity index (χ4n) is 4.23. The number of piperidine rings is 3. The lowest BCUT2D eigenvalue weighted by Gasteiger charge is -2.49. The zero-order valence-corrected chi connectivity index (χ0v) is 14.8. The first-order valence-corrected chi connectivity index (χ1v) is 9.41. The lowest BCUT2D eigenvalue weighted by atomic mass is 9.83. The number of fused-ring (bicyclic) bond motifs is 3. The molecule has 1 atom stereocenters. The number of hydrogen-bond acceptors (Lipinski definition) is 4. The molecule has 4 heteroatoms. The minimum absolute atomic E-state index is 0.641. The summed E-state index contributed by atoms with van der Waals surface area (Å²) in [5, 5.41) is 0. The Bertz CT molecular complexity index is 641. The zero-order chi connectivity index (χ0) is 16.9. The molecule has 3 saturated heterocycles. The summed E-state index contributed by atoms with van der Waals surface area (Å²) in [7, 11) is 0. The van der Waals surface area contributed by atoms with E-state index in [1.165, 1.54) is 38.0 Å². The Morgan fingerprint density at radius 3 is 2.60 bits per heavy atom. The van der Waals surface area contributed by atoms with Gasteiger partial charge < -0.3 is 9.64 Å². The van der Waals surface area contributed by atoms with Gasteiger partial charge >= 0.3 is 0 Å². The summed E-state index contributed by atoms with van der Waals surface area (Å²) in [4.78, 5) is 9.54. The standard InChI is InChI=1S/C21H27N3O/c1-2-6-20(7-3-1)25-14-13-24(16-18-5-4-10-22-15-18)21-17-23-11-8-19(21)9-12-23/h1-7,10,15,19,21H,8-9,11-14,16-17H2/t21-/m0/s1. The van der Waals surface area contributed by atoms with Crippen LogP contribution in [0, 0.1) is 5.92 Å². The lowest BCUT2D eigenvalue weighted by molar-refractivity contribution is -0.00343. The van der Waals surface area contributed by atoms with E-state index < -0.39 is 0 Å². The normalized spacial score (nSPS) is 25.2. The topological polar surface area (TPSA) is 28.6 Å². The first-order chi connectivity index (χ1) is 12.4. The second-order valence-electron chi connectivity index (χ2n) is 7.20. The van der Waals surface area contributed by atoms with E-state index in [1.807, 2.05) is 48.8 Å². The first-order valence-electron chi connectivity index (χ1n) is 9.41. The van der Waals surface area contributed by atoms with Gasteiger partial charge in [0.25, 0.3) is 0 Å². The highest BCUT2D eigenvalue weighted by molar-refractivity contribution is 5.20. The Hall–Kier alpha value is -1.91. The summed E-state index contributed by atoms with van der Waals surface area (Å²) >= 11 is 0. The van der Waals surface area contributed by atoms with E-state index in [0.29, 0.717) is 6.04 Å². The van der Waals surface area contributed by atoms with Crippen molar-refractivity contribution in [3.63, 3.8) is 0 Å². The van der Waals surface area contributed by atoms with E-state index >= 15 is 0 Å². The number of pyridine rings is 1. The van der Waals surface area contributed by atoms with Gasteiger partial charge in [0.05, 0.1) is 0 Å². The third kappa shape index (κ3) is 4.20. The molecule has 5 rings (SSSR count). The summed E-state index contributed by atoms with van der Waals surface area (Å²) in [6.45, 7) is 6.41. The van der Waals surface area contributed by atoms with Crippen LogP contribution in [0.25, 0.3) is 0 Å². The molecule has 0 N–H and O–H groups in total. The molecule has 0 amide bonds. The van der Waals surface area contributed by atoms with Crippen molar-refractivity contribution < 1.29 is 4.74 Å². The molecule has 3 aliphatic heterocycles. The monoisotopic (exact) mass is 337 g/mol. The van der Waals surface area contributed by atoms with Crippen LogP contribution in [0.15, 0.2) is 54.9 Å². The van der Waals surface area contributed by atoms with E-state index in [4.69, 9.17) is 4.74 Å². The minimum atomic E-state index is 0.641. The summed E-state index contributed by atoms with van der Waals surface area (Å²) in [6.07, 6.45) is 6.52. The highest BCUT2D eigenvalue weighted by Gasteiger charge is 2.37. The van der Waals surface area contributed by atoms with Crippen LogP contribution in [0.1, 0.15) is 18.4 Å². The minimum Gasteiger partial charge on any atom is -0.492 e. The van der Waals surface area contributed by atoms with Crippen LogP contribution in [0.4, 0.5) is 0 Å². The predicted molar refractivity (Wildman–Crippen MR) is 99.5 cm³/mol. The Balaban J connectivity index is 1.42. The van der Waals surface area contributed by atoms with Crippen molar-refractivity contribution in [3.8, 4) is 5.75 Å². The van der Waals surface area contributed by atoms with E-state index in [0.717, 1.165) is 31.4 Å². The molecule has 0 unspecified atom stereocenters. The van der Waals surface area contributed by atoms with Crippen molar-refractivity contribution in [1.82, 2.24) is 14.8 Å². The molecule has 4 heterocycles. The summed E-state index contributed by atoms with van der Waals surface area (Å²) < 4.78 is 5.97. The fourth-order valence-corrected chi connectivity index (χ4v) is 4.23. The molecule has 25 heavy (non-hydrogen) atoms. The largest absolute Gasteiger partial charge is 0.492 e. The van der Waals surface area contributed by atoms with Crippen LogP contribution in [-0.2, 0) is 6.54 Å². The van der Waals surface area contributed by atoms with Gasteiger partial charge in [-0.2, -0.15) is 0 Å². The van der Waals surface area contributed by atoms with Crippen molar-refractivity contribution >= 4 is 0 Å². The van der Waals surface area contributed by atoms with Gasteiger partial charge in [-0.15, -0.1) is 0 Å². The molecule has 2 aromatic rings. The van der Waals surface area contributed by atoms with E-state index in [1.54, 1.807) is 0 Å². The molecule has 2 bridgehead atoms. The average molecular weight is 337 g/mol. The smallest absolute Gasteiger partial charge is 0.119 e. The Kier molecular flexibility index (Phi) is 5.28. The van der Waals surface area contributed by atoms with Crippen LogP contribution < -0.4 is 4.74 Å². The van der Waals surface area contributed by atoms with E-state index in [2.05, 4.69) is 20.9 Å². The number of aromatic nitrogens is 1. The van der Waals surface area contributed by atoms with Gasteiger partial charge in [0.2, 0.25) is 0 Å². The maximum Gasteiger partial charge on any atom is 0.119 e. The van der Waals surface area contributed by atoms with Gasteiger partial charge in [-0.1, -0.05) is 24.3 Å². The van der Waals surface area contributed by atoms with Crippen LogP contribution in [0.5, 0.6) is 5.75 Å². The van der Waals surface area contributed by atoms with Crippen LogP contribution >= 0.6 is 0 Å². The number of hydrogen-bond donors (Lipinski definition) is 0. The van der Waals surface area contributed by atoms with Crippen molar-refractivity contribution in [3.05, 3.63) is 60.4 Å². The Morgan fingerprint density at radius 1 is 1.08 bits per heavy atom. The van der Waals surface area contributed by atoms with Gasteiger partial charge in [0.1, 0.15) is 12.4 Å². The Labute approximate surface area is 150 Å². The van der Waals surface area contributed by atoms with Crippen LogP contribution in [0.2, 0.25) is 0 Å². The number of rotatable bonds is 7. The van der Waals surface area contributed by atoms with Gasteiger partial charge in [-0.25, -0.2) is 0 Å². The molecule has 1 aromatic heterocycles. The van der Waals surface area contributed by atoms with Crippen molar-refractivity contribution in [2.75, 3.05) is 32.8 Å². The van der Waals surface area contributed by atoms with Crippen molar-refractivity contribution in [2.45, 2.75) is 25.4 Å². The number of benzene rings is 1. The first kappa shape index (κ1) is 16.6. The van der Waals surface area contributed by atoms with Crippen molar-refractivity contribution in [2.24, 2.45) is 5.92 Å². The molecule has 0 spiro atoms. The molecular weight excluding hydrogens is 310 g/mol. The highest BCUT2D eigenvalue weighted by Crippen LogP contribution is 2.31. The lowest BCUT2D eigenvalue weighted by Crippen LogP contribution is -2.57. The van der Waals surface area contributed by atoms with Gasteiger partial charge in [-0.05, 0) is 55.6 Å². The quantitative estimate of drug-likeness (QED) is 0.776. The van der Waals surface area contributed by atoms with Crippen LogP contribution in [-0.4, -0.2) is 53.6 Å². The third-order valence-corrected chi connectivity index (χ3v) is 5.59. The summed E-state index contributed by atoms with van der Waals surface area (Å²) in [5.41, 5.74) is 1.29. The molecular formula is C21H27N3O. The fraction of sp³-hybridized carbons (Fsp3) is 0.476. The second kappa shape index (κ2) is 7.98. The molecule has 3 fully saturated rings. The molecule has 3 aliphatic rings. The highest BCUT2D eigenvalue weighted by atomic mass is 16.5. The number of nitrogens with zero attached hydrogens (tertiary/aromatic N) is 3. The second-order valence-corrected chi connectivity index (χ2v) is 7.20. The van der Waals surface area contributed by atoms with Gasteiger partial charge in [0, 0.05) is 38.1 Å². The number of ether oxygens (including phenoxy) is 1. The molecule has 0 aliphatic carbocycles.